The van der Waals surface area contributed by atoms with Gasteiger partial charge in [0.05, 0.1) is 0 Å². The fourth-order valence-corrected chi connectivity index (χ4v) is 7.92. The van der Waals surface area contributed by atoms with E-state index >= 15 is 4.39 Å². The summed E-state index contributed by atoms with van der Waals surface area (Å²) in [7, 11) is -2.22. The first kappa shape index (κ1) is 22.8. The molecule has 4 bridgehead atoms. The Balaban J connectivity index is 1.67. The molecule has 2 nitrogen and oxygen atoms in total. The van der Waals surface area contributed by atoms with Crippen LogP contribution in [-0.4, -0.2) is 14.6 Å². The Kier molecular flexibility index (Phi) is 5.39. The van der Waals surface area contributed by atoms with Crippen LogP contribution in [0.25, 0.3) is 11.1 Å². The summed E-state index contributed by atoms with van der Waals surface area (Å²) in [5, 5.41) is -0.00482. The molecule has 4 saturated carbocycles. The van der Waals surface area contributed by atoms with Gasteiger partial charge in [0.25, 0.3) is 8.32 Å². The molecule has 0 spiro atoms. The van der Waals surface area contributed by atoms with Crippen LogP contribution in [0.3, 0.4) is 0 Å². The highest BCUT2D eigenvalue weighted by Gasteiger charge is 2.53. The molecule has 4 aliphatic carbocycles. The number of halogens is 1. The lowest BCUT2D eigenvalue weighted by Gasteiger charge is -2.57. The second kappa shape index (κ2) is 7.80. The minimum absolute atomic E-state index is 0.00482. The minimum Gasteiger partial charge on any atom is -0.541 e. The van der Waals surface area contributed by atoms with Crippen molar-refractivity contribution in [3.63, 3.8) is 0 Å². The van der Waals surface area contributed by atoms with Gasteiger partial charge in [-0.1, -0.05) is 39.0 Å². The molecular weight excluding hydrogens is 427 g/mol. The van der Waals surface area contributed by atoms with Crippen LogP contribution in [0.4, 0.5) is 4.39 Å². The zero-order valence-electron chi connectivity index (χ0n) is 20.7. The molecule has 33 heavy (non-hydrogen) atoms. The molecule has 6 rings (SSSR count). The van der Waals surface area contributed by atoms with Gasteiger partial charge in [0.15, 0.2) is 5.82 Å². The van der Waals surface area contributed by atoms with Gasteiger partial charge in [-0.25, -0.2) is 4.39 Å². The van der Waals surface area contributed by atoms with Crippen molar-refractivity contribution in [1.82, 2.24) is 0 Å². The van der Waals surface area contributed by atoms with E-state index in [1.807, 2.05) is 18.2 Å². The summed E-state index contributed by atoms with van der Waals surface area (Å²) in [6.07, 6.45) is 8.37. The van der Waals surface area contributed by atoms with Gasteiger partial charge in [-0.15, -0.1) is 0 Å². The second-order valence-electron chi connectivity index (χ2n) is 12.6. The van der Waals surface area contributed by atoms with Gasteiger partial charge < -0.3 is 4.43 Å². The van der Waals surface area contributed by atoms with Crippen molar-refractivity contribution in [2.75, 3.05) is 0 Å². The molecule has 0 atom stereocenters. The predicted molar refractivity (Wildman–Crippen MR) is 135 cm³/mol. The quantitative estimate of drug-likeness (QED) is 0.329. The van der Waals surface area contributed by atoms with Crippen LogP contribution in [0, 0.1) is 23.6 Å². The minimum atomic E-state index is -2.22. The van der Waals surface area contributed by atoms with Crippen LogP contribution < -0.4 is 4.43 Å². The monoisotopic (exact) mass is 464 g/mol. The Morgan fingerprint density at radius 3 is 2.12 bits per heavy atom. The highest BCUT2D eigenvalue weighted by molar-refractivity contribution is 6.74. The van der Waals surface area contributed by atoms with E-state index in [1.54, 1.807) is 12.1 Å². The summed E-state index contributed by atoms with van der Waals surface area (Å²) in [5.74, 6) is 2.56. The third-order valence-corrected chi connectivity index (χ3v) is 13.5. The van der Waals surface area contributed by atoms with E-state index in [2.05, 4.69) is 39.9 Å². The standard InChI is InChI=1S/C29H37FO2Si/c1-28(2,3)33(4,5)32-27-25(29-15-20-9-21(16-29)11-22(10-20)17-29)13-24(14-26(27)30)23-8-6-7-19(12-23)18-31/h6-8,12-14,18,20-22H,9-11,15-17H2,1-5H3. The van der Waals surface area contributed by atoms with Crippen molar-refractivity contribution >= 4 is 14.6 Å². The Morgan fingerprint density at radius 2 is 1.58 bits per heavy atom. The third-order valence-electron chi connectivity index (χ3n) is 9.17. The van der Waals surface area contributed by atoms with Crippen molar-refractivity contribution in [3.8, 4) is 16.9 Å². The van der Waals surface area contributed by atoms with Crippen molar-refractivity contribution in [2.24, 2.45) is 17.8 Å². The average molecular weight is 465 g/mol. The maximum absolute atomic E-state index is 16.0. The van der Waals surface area contributed by atoms with E-state index in [1.165, 1.54) is 19.3 Å². The highest BCUT2D eigenvalue weighted by Crippen LogP contribution is 2.62. The molecule has 0 unspecified atom stereocenters. The van der Waals surface area contributed by atoms with E-state index in [4.69, 9.17) is 4.43 Å². The van der Waals surface area contributed by atoms with Crippen LogP contribution in [0.15, 0.2) is 36.4 Å². The van der Waals surface area contributed by atoms with E-state index in [-0.39, 0.29) is 16.3 Å². The Labute approximate surface area is 199 Å². The van der Waals surface area contributed by atoms with Crippen LogP contribution in [-0.2, 0) is 5.41 Å². The maximum atomic E-state index is 16.0. The number of benzene rings is 2. The van der Waals surface area contributed by atoms with Gasteiger partial charge in [-0.2, -0.15) is 0 Å². The largest absolute Gasteiger partial charge is 0.541 e. The summed E-state index contributed by atoms with van der Waals surface area (Å²) in [6, 6.07) is 11.3. The zero-order valence-corrected chi connectivity index (χ0v) is 21.7. The summed E-state index contributed by atoms with van der Waals surface area (Å²) in [4.78, 5) is 11.4. The van der Waals surface area contributed by atoms with Crippen LogP contribution in [0.5, 0.6) is 5.75 Å². The van der Waals surface area contributed by atoms with Gasteiger partial charge in [-0.05, 0) is 109 Å². The van der Waals surface area contributed by atoms with E-state index in [0.29, 0.717) is 11.3 Å². The Bertz CT molecular complexity index is 1050. The average Bonchev–Trinajstić information content (AvgIpc) is 2.73. The molecule has 0 amide bonds. The SMILES string of the molecule is CC(C)(C)[Si](C)(C)Oc1c(F)cc(-c2cccc(C=O)c2)cc1C12CC3CC(CC(C3)C1)C2. The van der Waals surface area contributed by atoms with Gasteiger partial charge in [0.1, 0.15) is 12.0 Å². The maximum Gasteiger partial charge on any atom is 0.250 e. The second-order valence-corrected chi connectivity index (χ2v) is 17.4. The smallest absolute Gasteiger partial charge is 0.250 e. The number of rotatable bonds is 5. The fourth-order valence-electron chi connectivity index (χ4n) is 6.90. The van der Waals surface area contributed by atoms with Crippen LogP contribution >= 0.6 is 0 Å². The summed E-state index contributed by atoms with van der Waals surface area (Å²) in [5.41, 5.74) is 3.47. The molecule has 2 aromatic rings. The van der Waals surface area contributed by atoms with Crippen molar-refractivity contribution < 1.29 is 13.6 Å². The van der Waals surface area contributed by atoms with Gasteiger partial charge >= 0.3 is 0 Å². The van der Waals surface area contributed by atoms with Crippen LogP contribution in [0.2, 0.25) is 18.1 Å². The molecule has 4 heteroatoms. The first-order valence-corrected chi connectivity index (χ1v) is 15.5. The summed E-state index contributed by atoms with van der Waals surface area (Å²) in [6.45, 7) is 11.0. The summed E-state index contributed by atoms with van der Waals surface area (Å²) < 4.78 is 22.8. The molecule has 2 aromatic carbocycles. The number of carbonyl (C=O) groups is 1. The van der Waals surface area contributed by atoms with Crippen molar-refractivity contribution in [1.29, 1.82) is 0 Å². The Morgan fingerprint density at radius 1 is 0.970 bits per heavy atom. The molecule has 0 radical (unpaired) electrons. The van der Waals surface area contributed by atoms with Crippen molar-refractivity contribution in [2.45, 2.75) is 82.8 Å². The van der Waals surface area contributed by atoms with E-state index < -0.39 is 8.32 Å². The van der Waals surface area contributed by atoms with Crippen molar-refractivity contribution in [3.05, 3.63) is 53.3 Å². The van der Waals surface area contributed by atoms with E-state index in [9.17, 15) is 4.79 Å². The summed E-state index contributed by atoms with van der Waals surface area (Å²) >= 11 is 0. The highest BCUT2D eigenvalue weighted by atomic mass is 28.4. The van der Waals surface area contributed by atoms with Gasteiger partial charge in [0.2, 0.25) is 0 Å². The lowest BCUT2D eigenvalue weighted by Crippen LogP contribution is -2.49. The molecule has 176 valence electrons. The molecule has 4 fully saturated rings. The lowest BCUT2D eigenvalue weighted by atomic mass is 9.48. The lowest BCUT2D eigenvalue weighted by molar-refractivity contribution is -0.00602. The number of aldehydes is 1. The first-order chi connectivity index (χ1) is 15.5. The number of carbonyl (C=O) groups excluding carboxylic acids is 1. The molecule has 0 aromatic heterocycles. The molecule has 0 N–H and O–H groups in total. The molecular formula is C29H37FO2Si. The molecule has 4 aliphatic rings. The molecule has 0 heterocycles. The number of hydrogen-bond donors (Lipinski definition) is 0. The third kappa shape index (κ3) is 3.98. The van der Waals surface area contributed by atoms with E-state index in [0.717, 1.165) is 60.0 Å². The van der Waals surface area contributed by atoms with Gasteiger partial charge in [-0.3, -0.25) is 4.79 Å². The first-order valence-electron chi connectivity index (χ1n) is 12.6. The number of hydrogen-bond acceptors (Lipinski definition) is 2. The molecule has 0 aliphatic heterocycles. The zero-order chi connectivity index (χ0) is 23.6. The fraction of sp³-hybridized carbons (Fsp3) is 0.552. The Hall–Kier alpha value is -1.94. The van der Waals surface area contributed by atoms with Gasteiger partial charge in [0, 0.05) is 11.1 Å². The normalized spacial score (nSPS) is 28.7. The van der Waals surface area contributed by atoms with Crippen LogP contribution in [0.1, 0.15) is 75.2 Å². The predicted octanol–water partition coefficient (Wildman–Crippen LogP) is 8.16. The molecule has 0 saturated heterocycles. The topological polar surface area (TPSA) is 26.3 Å².